The molecule has 12 heteroatoms. The Labute approximate surface area is 177 Å². The van der Waals surface area contributed by atoms with Crippen LogP contribution in [0.4, 0.5) is 11.4 Å². The molecule has 10 nitrogen and oxygen atoms in total. The number of anilines is 1. The van der Waals surface area contributed by atoms with Gasteiger partial charge in [-0.3, -0.25) is 14.9 Å². The van der Waals surface area contributed by atoms with Crippen LogP contribution in [0.15, 0.2) is 23.4 Å². The molecule has 1 saturated heterocycles. The fourth-order valence-electron chi connectivity index (χ4n) is 3.01. The van der Waals surface area contributed by atoms with Crippen LogP contribution in [0.2, 0.25) is 5.02 Å². The van der Waals surface area contributed by atoms with Crippen molar-refractivity contribution in [3.05, 3.63) is 33.3 Å². The molecule has 1 aliphatic heterocycles. The molecule has 1 aliphatic rings. The lowest BCUT2D eigenvalue weighted by molar-refractivity contribution is -0.384. The number of hydrogen-bond acceptors (Lipinski definition) is 8. The Morgan fingerprint density at radius 2 is 1.97 bits per heavy atom. The molecule has 2 aromatic rings. The van der Waals surface area contributed by atoms with Gasteiger partial charge in [-0.15, -0.1) is 5.10 Å². The zero-order valence-corrected chi connectivity index (χ0v) is 18.0. The van der Waals surface area contributed by atoms with Gasteiger partial charge in [0.2, 0.25) is 11.1 Å². The van der Waals surface area contributed by atoms with Crippen LogP contribution >= 0.6 is 23.4 Å². The number of amides is 1. The highest BCUT2D eigenvalue weighted by Crippen LogP contribution is 2.31. The van der Waals surface area contributed by atoms with Crippen molar-refractivity contribution in [3.63, 3.8) is 0 Å². The largest absolute Gasteiger partial charge is 0.362 e. The molecule has 1 aromatic carbocycles. The van der Waals surface area contributed by atoms with E-state index in [1.165, 1.54) is 17.8 Å². The van der Waals surface area contributed by atoms with Crippen molar-refractivity contribution >= 4 is 40.6 Å². The number of nitrogens with zero attached hydrogens (tertiary/aromatic N) is 7. The molecule has 0 radical (unpaired) electrons. The van der Waals surface area contributed by atoms with Gasteiger partial charge >= 0.3 is 0 Å². The van der Waals surface area contributed by atoms with Gasteiger partial charge in [-0.1, -0.05) is 23.4 Å². The fraction of sp³-hybridized carbons (Fsp3) is 0.529. The van der Waals surface area contributed by atoms with Crippen LogP contribution in [0, 0.1) is 10.1 Å². The highest BCUT2D eigenvalue weighted by molar-refractivity contribution is 7.99. The summed E-state index contributed by atoms with van der Waals surface area (Å²) in [6.45, 7) is 7.98. The van der Waals surface area contributed by atoms with Gasteiger partial charge in [0.1, 0.15) is 5.69 Å². The minimum absolute atomic E-state index is 0.0104. The number of aromatic nitrogens is 4. The maximum absolute atomic E-state index is 12.6. The Hall–Kier alpha value is -2.40. The van der Waals surface area contributed by atoms with E-state index in [1.54, 1.807) is 21.7 Å². The molecule has 0 spiro atoms. The summed E-state index contributed by atoms with van der Waals surface area (Å²) in [6.07, 6.45) is 0. The summed E-state index contributed by atoms with van der Waals surface area (Å²) < 4.78 is 1.70. The van der Waals surface area contributed by atoms with E-state index in [-0.39, 0.29) is 22.9 Å². The predicted octanol–water partition coefficient (Wildman–Crippen LogP) is 2.43. The zero-order chi connectivity index (χ0) is 21.2. The topological polar surface area (TPSA) is 110 Å². The van der Waals surface area contributed by atoms with Crippen molar-refractivity contribution in [2.24, 2.45) is 0 Å². The number of nitro benzene ring substituents is 1. The second kappa shape index (κ2) is 8.54. The van der Waals surface area contributed by atoms with Crippen molar-refractivity contribution in [3.8, 4) is 0 Å². The maximum Gasteiger partial charge on any atom is 0.294 e. The molecule has 0 atom stereocenters. The number of rotatable bonds is 5. The van der Waals surface area contributed by atoms with Crippen LogP contribution in [0.1, 0.15) is 20.8 Å². The first-order valence-corrected chi connectivity index (χ1v) is 10.4. The van der Waals surface area contributed by atoms with E-state index in [4.69, 9.17) is 11.6 Å². The third kappa shape index (κ3) is 4.96. The molecule has 1 amide bonds. The number of piperazine rings is 1. The number of hydrogen-bond donors (Lipinski definition) is 0. The van der Waals surface area contributed by atoms with Gasteiger partial charge < -0.3 is 9.80 Å². The van der Waals surface area contributed by atoms with Gasteiger partial charge in [0.15, 0.2) is 0 Å². The standard InChI is InChI=1S/C17H22ClN7O3S/c1-17(2,3)24-16(19-20-21-24)29-11-15(26)23-8-6-22(7-9-23)13-5-4-12(18)10-14(13)25(27)28/h4-5,10H,6-9,11H2,1-3H3. The number of halogens is 1. The molecular formula is C17H22ClN7O3S. The van der Waals surface area contributed by atoms with Crippen LogP contribution in [0.3, 0.4) is 0 Å². The van der Waals surface area contributed by atoms with E-state index < -0.39 is 4.92 Å². The molecule has 0 N–H and O–H groups in total. The minimum atomic E-state index is -0.436. The molecule has 0 unspecified atom stereocenters. The average Bonchev–Trinajstić information content (AvgIpc) is 3.15. The first-order valence-electron chi connectivity index (χ1n) is 9.05. The van der Waals surface area contributed by atoms with Gasteiger partial charge in [-0.25, -0.2) is 4.68 Å². The van der Waals surface area contributed by atoms with Crippen LogP contribution in [0.5, 0.6) is 0 Å². The summed E-state index contributed by atoms with van der Waals surface area (Å²) in [6, 6.07) is 4.64. The Morgan fingerprint density at radius 3 is 2.59 bits per heavy atom. The molecule has 0 aliphatic carbocycles. The fourth-order valence-corrected chi connectivity index (χ4v) is 4.14. The summed E-state index contributed by atoms with van der Waals surface area (Å²) in [7, 11) is 0. The van der Waals surface area contributed by atoms with Crippen molar-refractivity contribution < 1.29 is 9.72 Å². The van der Waals surface area contributed by atoms with Gasteiger partial charge in [0.05, 0.1) is 16.2 Å². The Balaban J connectivity index is 1.58. The molecule has 2 heterocycles. The van der Waals surface area contributed by atoms with Crippen molar-refractivity contribution in [1.82, 2.24) is 25.1 Å². The molecule has 0 saturated carbocycles. The Kier molecular flexibility index (Phi) is 6.27. The first kappa shape index (κ1) is 21.3. The Bertz CT molecular complexity index is 907. The lowest BCUT2D eigenvalue weighted by Crippen LogP contribution is -2.49. The quantitative estimate of drug-likeness (QED) is 0.397. The van der Waals surface area contributed by atoms with E-state index in [0.29, 0.717) is 42.0 Å². The highest BCUT2D eigenvalue weighted by Gasteiger charge is 2.27. The van der Waals surface area contributed by atoms with E-state index in [1.807, 2.05) is 25.7 Å². The predicted molar refractivity (Wildman–Crippen MR) is 110 cm³/mol. The number of nitro groups is 1. The van der Waals surface area contributed by atoms with Gasteiger partial charge in [0.25, 0.3) is 5.69 Å². The summed E-state index contributed by atoms with van der Waals surface area (Å²) in [5.74, 6) is 0.223. The third-order valence-corrected chi connectivity index (χ3v) is 5.65. The van der Waals surface area contributed by atoms with E-state index in [2.05, 4.69) is 15.5 Å². The smallest absolute Gasteiger partial charge is 0.294 e. The highest BCUT2D eigenvalue weighted by atomic mass is 35.5. The van der Waals surface area contributed by atoms with Crippen LogP contribution in [-0.4, -0.2) is 67.9 Å². The lowest BCUT2D eigenvalue weighted by Gasteiger charge is -2.35. The summed E-state index contributed by atoms with van der Waals surface area (Å²) >= 11 is 7.19. The number of tetrazole rings is 1. The average molecular weight is 440 g/mol. The zero-order valence-electron chi connectivity index (χ0n) is 16.4. The number of carbonyl (C=O) groups excluding carboxylic acids is 1. The van der Waals surface area contributed by atoms with Gasteiger partial charge in [-0.05, 0) is 43.3 Å². The number of carbonyl (C=O) groups is 1. The van der Waals surface area contributed by atoms with Crippen molar-refractivity contribution in [2.45, 2.75) is 31.5 Å². The van der Waals surface area contributed by atoms with Gasteiger partial charge in [-0.2, -0.15) is 0 Å². The van der Waals surface area contributed by atoms with Crippen LogP contribution < -0.4 is 4.90 Å². The second-order valence-electron chi connectivity index (χ2n) is 7.59. The molecule has 29 heavy (non-hydrogen) atoms. The van der Waals surface area contributed by atoms with Crippen LogP contribution in [-0.2, 0) is 10.3 Å². The molecule has 156 valence electrons. The second-order valence-corrected chi connectivity index (χ2v) is 8.97. The molecule has 0 bridgehead atoms. The van der Waals surface area contributed by atoms with Crippen LogP contribution in [0.25, 0.3) is 0 Å². The van der Waals surface area contributed by atoms with E-state index >= 15 is 0 Å². The summed E-state index contributed by atoms with van der Waals surface area (Å²) in [4.78, 5) is 27.2. The van der Waals surface area contributed by atoms with Crippen molar-refractivity contribution in [2.75, 3.05) is 36.8 Å². The first-order chi connectivity index (χ1) is 13.7. The van der Waals surface area contributed by atoms with E-state index in [9.17, 15) is 14.9 Å². The monoisotopic (exact) mass is 439 g/mol. The third-order valence-electron chi connectivity index (χ3n) is 4.51. The van der Waals surface area contributed by atoms with E-state index in [0.717, 1.165) is 0 Å². The Morgan fingerprint density at radius 1 is 1.28 bits per heavy atom. The normalized spacial score (nSPS) is 14.9. The number of benzene rings is 1. The molecule has 3 rings (SSSR count). The summed E-state index contributed by atoms with van der Waals surface area (Å²) in [5.41, 5.74) is 0.223. The van der Waals surface area contributed by atoms with Crippen molar-refractivity contribution in [1.29, 1.82) is 0 Å². The molecular weight excluding hydrogens is 418 g/mol. The SMILES string of the molecule is CC(C)(C)n1nnnc1SCC(=O)N1CCN(c2ccc(Cl)cc2[N+](=O)[O-])CC1. The summed E-state index contributed by atoms with van der Waals surface area (Å²) in [5, 5.41) is 23.9. The molecule has 1 aromatic heterocycles. The minimum Gasteiger partial charge on any atom is -0.362 e. The number of thioether (sulfide) groups is 1. The lowest BCUT2D eigenvalue weighted by atomic mass is 10.1. The maximum atomic E-state index is 12.6. The molecule has 1 fully saturated rings. The van der Waals surface area contributed by atoms with Gasteiger partial charge in [0, 0.05) is 37.3 Å².